The van der Waals surface area contributed by atoms with Gasteiger partial charge in [0.15, 0.2) is 11.0 Å². The Kier molecular flexibility index (Phi) is 6.02. The predicted octanol–water partition coefficient (Wildman–Crippen LogP) is 5.00. The van der Waals surface area contributed by atoms with Crippen LogP contribution in [0, 0.1) is 20.8 Å². The number of hydrogen-bond donors (Lipinski definition) is 1. The molecule has 0 radical (unpaired) electrons. The lowest BCUT2D eigenvalue weighted by Gasteiger charge is -2.20. The molecule has 4 rings (SSSR count). The van der Waals surface area contributed by atoms with Gasteiger partial charge in [-0.15, -0.1) is 11.3 Å². The van der Waals surface area contributed by atoms with Gasteiger partial charge < -0.3 is 9.84 Å². The van der Waals surface area contributed by atoms with E-state index in [0.717, 1.165) is 46.3 Å². The Balaban J connectivity index is 1.71. The van der Waals surface area contributed by atoms with Crippen LogP contribution in [-0.2, 0) is 4.79 Å². The van der Waals surface area contributed by atoms with Gasteiger partial charge in [0.25, 0.3) is 5.56 Å². The number of nitrogens with one attached hydrogen (secondary N) is 1. The first kappa shape index (κ1) is 21.1. The van der Waals surface area contributed by atoms with E-state index < -0.39 is 0 Å². The van der Waals surface area contributed by atoms with Crippen LogP contribution in [0.5, 0.6) is 0 Å². The number of thiophene rings is 1. The zero-order valence-corrected chi connectivity index (χ0v) is 19.3. The van der Waals surface area contributed by atoms with Crippen molar-refractivity contribution in [2.24, 2.45) is 0 Å². The molecule has 30 heavy (non-hydrogen) atoms. The topological polar surface area (TPSA) is 90.0 Å². The summed E-state index contributed by atoms with van der Waals surface area (Å²) in [6.07, 6.45) is 4.79. The maximum atomic E-state index is 13.5. The third-order valence-electron chi connectivity index (χ3n) is 5.68. The molecule has 1 aliphatic carbocycles. The minimum Gasteiger partial charge on any atom is -0.360 e. The summed E-state index contributed by atoms with van der Waals surface area (Å²) >= 11 is 2.91. The van der Waals surface area contributed by atoms with Crippen molar-refractivity contribution in [1.29, 1.82) is 0 Å². The molecule has 1 unspecified atom stereocenters. The maximum Gasteiger partial charge on any atom is 0.263 e. The van der Waals surface area contributed by atoms with Crippen molar-refractivity contribution in [3.8, 4) is 0 Å². The number of fused-ring (bicyclic) bond motifs is 1. The lowest BCUT2D eigenvalue weighted by atomic mass is 10.2. The second kappa shape index (κ2) is 8.55. The number of thioether (sulfide) groups is 1. The van der Waals surface area contributed by atoms with Gasteiger partial charge in [0, 0.05) is 17.0 Å². The molecular formula is C21H26N4O3S2. The van der Waals surface area contributed by atoms with E-state index in [2.05, 4.69) is 10.5 Å². The van der Waals surface area contributed by atoms with Gasteiger partial charge >= 0.3 is 0 Å². The van der Waals surface area contributed by atoms with Crippen molar-refractivity contribution < 1.29 is 9.32 Å². The number of carbonyl (C=O) groups excluding carboxylic acids is 1. The van der Waals surface area contributed by atoms with Crippen molar-refractivity contribution in [1.82, 2.24) is 14.7 Å². The number of carbonyl (C=O) groups is 1. The molecule has 7 nitrogen and oxygen atoms in total. The fraction of sp³-hybridized carbons (Fsp3) is 0.524. The molecule has 0 bridgehead atoms. The molecule has 0 spiro atoms. The molecule has 3 aromatic heterocycles. The van der Waals surface area contributed by atoms with Gasteiger partial charge in [0.2, 0.25) is 5.91 Å². The van der Waals surface area contributed by atoms with Gasteiger partial charge in [-0.05, 0) is 45.6 Å². The van der Waals surface area contributed by atoms with Crippen molar-refractivity contribution in [3.63, 3.8) is 0 Å². The zero-order valence-electron chi connectivity index (χ0n) is 17.7. The number of anilines is 1. The Labute approximate surface area is 183 Å². The van der Waals surface area contributed by atoms with E-state index in [-0.39, 0.29) is 22.8 Å². The fourth-order valence-corrected chi connectivity index (χ4v) is 6.09. The number of nitrogens with zero attached hydrogens (tertiary/aromatic N) is 3. The lowest BCUT2D eigenvalue weighted by molar-refractivity contribution is -0.115. The Morgan fingerprint density at radius 1 is 1.37 bits per heavy atom. The van der Waals surface area contributed by atoms with E-state index in [1.54, 1.807) is 24.3 Å². The molecule has 9 heteroatoms. The van der Waals surface area contributed by atoms with E-state index in [4.69, 9.17) is 9.51 Å². The first-order valence-corrected chi connectivity index (χ1v) is 12.0. The summed E-state index contributed by atoms with van der Waals surface area (Å²) in [6, 6.07) is 1.83. The minimum atomic E-state index is -0.388. The molecule has 1 aliphatic rings. The molecule has 3 heterocycles. The monoisotopic (exact) mass is 446 g/mol. The third kappa shape index (κ3) is 3.92. The van der Waals surface area contributed by atoms with Crippen LogP contribution < -0.4 is 10.9 Å². The summed E-state index contributed by atoms with van der Waals surface area (Å²) in [7, 11) is 0. The SMILES string of the molecule is CCC(Sc1nc2sc(C)c(C)c2c(=O)n1C1CCCC1)C(=O)Nc1cc(C)on1. The van der Waals surface area contributed by atoms with Crippen LogP contribution >= 0.6 is 23.1 Å². The Bertz CT molecular complexity index is 1140. The summed E-state index contributed by atoms with van der Waals surface area (Å²) in [5, 5.41) is 7.63. The smallest absolute Gasteiger partial charge is 0.263 e. The van der Waals surface area contributed by atoms with Crippen LogP contribution in [0.25, 0.3) is 10.2 Å². The maximum absolute atomic E-state index is 13.5. The molecule has 1 N–H and O–H groups in total. The van der Waals surface area contributed by atoms with Gasteiger partial charge in [-0.1, -0.05) is 36.7 Å². The van der Waals surface area contributed by atoms with Crippen LogP contribution in [0.4, 0.5) is 5.82 Å². The van der Waals surface area contributed by atoms with Gasteiger partial charge in [0.05, 0.1) is 10.6 Å². The van der Waals surface area contributed by atoms with Crippen LogP contribution in [0.2, 0.25) is 0 Å². The highest BCUT2D eigenvalue weighted by atomic mass is 32.2. The molecule has 1 amide bonds. The first-order valence-electron chi connectivity index (χ1n) is 10.3. The Morgan fingerprint density at radius 3 is 2.73 bits per heavy atom. The minimum absolute atomic E-state index is 0.0265. The van der Waals surface area contributed by atoms with Crippen LogP contribution in [0.3, 0.4) is 0 Å². The van der Waals surface area contributed by atoms with Crippen molar-refractivity contribution in [2.45, 2.75) is 76.2 Å². The average Bonchev–Trinajstić information content (AvgIpc) is 3.42. The van der Waals surface area contributed by atoms with Crippen LogP contribution in [0.15, 0.2) is 20.5 Å². The van der Waals surface area contributed by atoms with Gasteiger partial charge in [0.1, 0.15) is 10.6 Å². The third-order valence-corrected chi connectivity index (χ3v) is 8.11. The van der Waals surface area contributed by atoms with Gasteiger partial charge in [-0.25, -0.2) is 4.98 Å². The molecular weight excluding hydrogens is 420 g/mol. The van der Waals surface area contributed by atoms with Crippen LogP contribution in [0.1, 0.15) is 61.3 Å². The zero-order chi connectivity index (χ0) is 21.4. The highest BCUT2D eigenvalue weighted by molar-refractivity contribution is 8.00. The number of hydrogen-bond acceptors (Lipinski definition) is 7. The van der Waals surface area contributed by atoms with E-state index in [1.165, 1.54) is 11.8 Å². The Hall–Kier alpha value is -2.13. The van der Waals surface area contributed by atoms with Crippen LogP contribution in [-0.4, -0.2) is 25.9 Å². The molecule has 0 aromatic carbocycles. The molecule has 160 valence electrons. The molecule has 0 saturated heterocycles. The molecule has 3 aromatic rings. The second-order valence-electron chi connectivity index (χ2n) is 7.80. The second-order valence-corrected chi connectivity index (χ2v) is 10.2. The lowest BCUT2D eigenvalue weighted by Crippen LogP contribution is -2.29. The molecule has 1 fully saturated rings. The summed E-state index contributed by atoms with van der Waals surface area (Å²) in [4.78, 5) is 33.1. The number of aromatic nitrogens is 3. The summed E-state index contributed by atoms with van der Waals surface area (Å²) < 4.78 is 6.89. The van der Waals surface area contributed by atoms with E-state index in [0.29, 0.717) is 23.2 Å². The van der Waals surface area contributed by atoms with Gasteiger partial charge in [-0.2, -0.15) is 0 Å². The van der Waals surface area contributed by atoms with E-state index >= 15 is 0 Å². The standard InChI is InChI=1S/C21H26N4O3S2/c1-5-15(18(26)22-16-10-11(2)28-24-16)30-21-23-19-17(12(3)13(4)29-19)20(27)25(21)14-8-6-7-9-14/h10,14-15H,5-9H2,1-4H3,(H,22,24,26). The fourth-order valence-electron chi connectivity index (χ4n) is 3.94. The predicted molar refractivity (Wildman–Crippen MR) is 121 cm³/mol. The largest absolute Gasteiger partial charge is 0.360 e. The van der Waals surface area contributed by atoms with Crippen molar-refractivity contribution in [3.05, 3.63) is 32.6 Å². The Morgan fingerprint density at radius 2 is 2.10 bits per heavy atom. The van der Waals surface area contributed by atoms with E-state index in [9.17, 15) is 9.59 Å². The summed E-state index contributed by atoms with van der Waals surface area (Å²) in [5.41, 5.74) is 1.04. The average molecular weight is 447 g/mol. The van der Waals surface area contributed by atoms with E-state index in [1.807, 2.05) is 25.3 Å². The first-order chi connectivity index (χ1) is 14.4. The number of aryl methyl sites for hydroxylation is 3. The number of amides is 1. The van der Waals surface area contributed by atoms with Crippen molar-refractivity contribution in [2.75, 3.05) is 5.32 Å². The van der Waals surface area contributed by atoms with Crippen molar-refractivity contribution >= 4 is 45.0 Å². The molecule has 1 atom stereocenters. The molecule has 1 saturated carbocycles. The summed E-state index contributed by atoms with van der Waals surface area (Å²) in [6.45, 7) is 7.75. The summed E-state index contributed by atoms with van der Waals surface area (Å²) in [5.74, 6) is 0.871. The quantitative estimate of drug-likeness (QED) is 0.423. The highest BCUT2D eigenvalue weighted by Gasteiger charge is 2.28. The molecule has 0 aliphatic heterocycles. The highest BCUT2D eigenvalue weighted by Crippen LogP contribution is 2.36. The number of rotatable bonds is 6. The van der Waals surface area contributed by atoms with Gasteiger partial charge in [-0.3, -0.25) is 14.2 Å². The normalized spacial score (nSPS) is 15.7.